The molecule has 0 amide bonds. The van der Waals surface area contributed by atoms with Crippen LogP contribution in [0.15, 0.2) is 0 Å². The van der Waals surface area contributed by atoms with E-state index >= 15 is 0 Å². The van der Waals surface area contributed by atoms with Gasteiger partial charge in [0.15, 0.2) is 5.82 Å². The molecule has 0 unspecified atom stereocenters. The van der Waals surface area contributed by atoms with Crippen LogP contribution in [0.4, 0.5) is 0 Å². The Balaban J connectivity index is 0.00000180. The van der Waals surface area contributed by atoms with Crippen molar-refractivity contribution in [1.82, 2.24) is 25.1 Å². The van der Waals surface area contributed by atoms with Crippen LogP contribution in [0, 0.1) is 0 Å². The highest BCUT2D eigenvalue weighted by atomic mass is 35.5. The summed E-state index contributed by atoms with van der Waals surface area (Å²) < 4.78 is 6.95. The Morgan fingerprint density at radius 2 is 2.11 bits per heavy atom. The minimum atomic E-state index is -0.794. The molecule has 1 saturated heterocycles. The third-order valence-corrected chi connectivity index (χ3v) is 2.84. The normalized spacial score (nSPS) is 16.0. The van der Waals surface area contributed by atoms with E-state index in [0.717, 1.165) is 32.1 Å². The van der Waals surface area contributed by atoms with Gasteiger partial charge in [-0.15, -0.1) is 17.5 Å². The lowest BCUT2D eigenvalue weighted by Gasteiger charge is -2.25. The Morgan fingerprint density at radius 1 is 1.37 bits per heavy atom. The molecule has 0 saturated carbocycles. The number of aromatic nitrogens is 4. The minimum absolute atomic E-state index is 0. The molecule has 0 radical (unpaired) electrons. The zero-order chi connectivity index (χ0) is 12.8. The maximum Gasteiger partial charge on any atom is 0.303 e. The molecule has 0 bridgehead atoms. The molecule has 108 valence electrons. The number of aliphatic carboxylic acids is 1. The first-order chi connectivity index (χ1) is 8.75. The lowest BCUT2D eigenvalue weighted by Crippen LogP contribution is -2.36. The first-order valence-electron chi connectivity index (χ1n) is 6.02. The van der Waals surface area contributed by atoms with Crippen molar-refractivity contribution in [2.75, 3.05) is 26.3 Å². The van der Waals surface area contributed by atoms with Gasteiger partial charge >= 0.3 is 5.97 Å². The number of rotatable bonds is 6. The van der Waals surface area contributed by atoms with Crippen molar-refractivity contribution >= 4 is 18.4 Å². The number of carboxylic acid groups (broad SMARTS) is 1. The van der Waals surface area contributed by atoms with Crippen LogP contribution >= 0.6 is 12.4 Å². The van der Waals surface area contributed by atoms with Gasteiger partial charge in [0.1, 0.15) is 0 Å². The third kappa shape index (κ3) is 5.09. The van der Waals surface area contributed by atoms with Crippen molar-refractivity contribution in [1.29, 1.82) is 0 Å². The van der Waals surface area contributed by atoms with E-state index in [0.29, 0.717) is 19.5 Å². The molecule has 19 heavy (non-hydrogen) atoms. The van der Waals surface area contributed by atoms with Crippen LogP contribution in [0.25, 0.3) is 0 Å². The van der Waals surface area contributed by atoms with Gasteiger partial charge in [-0.3, -0.25) is 9.69 Å². The van der Waals surface area contributed by atoms with Gasteiger partial charge in [-0.1, -0.05) is 0 Å². The lowest BCUT2D eigenvalue weighted by molar-refractivity contribution is -0.137. The van der Waals surface area contributed by atoms with E-state index in [1.807, 2.05) is 0 Å². The van der Waals surface area contributed by atoms with E-state index in [-0.39, 0.29) is 18.8 Å². The molecule has 1 aromatic rings. The van der Waals surface area contributed by atoms with Crippen LogP contribution < -0.4 is 0 Å². The van der Waals surface area contributed by atoms with Gasteiger partial charge in [0.25, 0.3) is 0 Å². The van der Waals surface area contributed by atoms with Gasteiger partial charge in [-0.05, 0) is 16.8 Å². The van der Waals surface area contributed by atoms with Crippen LogP contribution in [0.5, 0.6) is 0 Å². The molecule has 0 aromatic carbocycles. The average Bonchev–Trinajstić information content (AvgIpc) is 2.78. The number of ether oxygens (including phenoxy) is 1. The predicted molar refractivity (Wildman–Crippen MR) is 68.0 cm³/mol. The van der Waals surface area contributed by atoms with Crippen molar-refractivity contribution in [3.05, 3.63) is 5.82 Å². The number of carboxylic acids is 1. The molecule has 1 aliphatic heterocycles. The predicted octanol–water partition coefficient (Wildman–Crippen LogP) is -0.208. The highest BCUT2D eigenvalue weighted by molar-refractivity contribution is 5.85. The summed E-state index contributed by atoms with van der Waals surface area (Å²) in [5.74, 6) is -0.0138. The number of nitrogens with zero attached hydrogens (tertiary/aromatic N) is 5. The molecule has 8 nitrogen and oxygen atoms in total. The Morgan fingerprint density at radius 3 is 2.79 bits per heavy atom. The maximum atomic E-state index is 10.4. The van der Waals surface area contributed by atoms with Gasteiger partial charge in [-0.25, -0.2) is 4.68 Å². The van der Waals surface area contributed by atoms with Gasteiger partial charge in [0.05, 0.1) is 19.8 Å². The number of hydrogen-bond acceptors (Lipinski definition) is 6. The zero-order valence-electron chi connectivity index (χ0n) is 10.6. The fourth-order valence-corrected chi connectivity index (χ4v) is 1.85. The summed E-state index contributed by atoms with van der Waals surface area (Å²) in [5.41, 5.74) is 0. The maximum absolute atomic E-state index is 10.4. The first kappa shape index (κ1) is 15.8. The second kappa shape index (κ2) is 8.03. The van der Waals surface area contributed by atoms with Crippen LogP contribution in [0.1, 0.15) is 18.7 Å². The standard InChI is InChI=1S/C10H17N5O3.ClH/c16-10(17)2-1-3-15-9(11-12-13-15)8-14-4-6-18-7-5-14;/h1-8H2,(H,16,17);1H. The highest BCUT2D eigenvalue weighted by Gasteiger charge is 2.15. The summed E-state index contributed by atoms with van der Waals surface area (Å²) in [7, 11) is 0. The molecule has 0 spiro atoms. The molecule has 1 N–H and O–H groups in total. The Labute approximate surface area is 117 Å². The van der Waals surface area contributed by atoms with Gasteiger partial charge < -0.3 is 9.84 Å². The molecular weight excluding hydrogens is 274 g/mol. The largest absolute Gasteiger partial charge is 0.481 e. The summed E-state index contributed by atoms with van der Waals surface area (Å²) >= 11 is 0. The van der Waals surface area contributed by atoms with Crippen LogP contribution in [0.2, 0.25) is 0 Å². The Hall–Kier alpha value is -1.25. The number of morpholine rings is 1. The molecule has 2 heterocycles. The summed E-state index contributed by atoms with van der Waals surface area (Å²) in [6.45, 7) is 4.45. The molecule has 9 heteroatoms. The average molecular weight is 292 g/mol. The number of hydrogen-bond donors (Lipinski definition) is 1. The molecular formula is C10H18ClN5O3. The van der Waals surface area contributed by atoms with E-state index in [4.69, 9.17) is 9.84 Å². The Kier molecular flexibility index (Phi) is 6.68. The van der Waals surface area contributed by atoms with E-state index in [2.05, 4.69) is 20.4 Å². The monoisotopic (exact) mass is 291 g/mol. The zero-order valence-corrected chi connectivity index (χ0v) is 11.4. The second-order valence-electron chi connectivity index (χ2n) is 4.20. The van der Waals surface area contributed by atoms with E-state index in [9.17, 15) is 4.79 Å². The summed E-state index contributed by atoms with van der Waals surface area (Å²) in [4.78, 5) is 12.7. The van der Waals surface area contributed by atoms with E-state index in [1.165, 1.54) is 0 Å². The smallest absolute Gasteiger partial charge is 0.303 e. The fraction of sp³-hybridized carbons (Fsp3) is 0.800. The van der Waals surface area contributed by atoms with Crippen LogP contribution in [-0.2, 0) is 22.6 Å². The van der Waals surface area contributed by atoms with Crippen LogP contribution in [-0.4, -0.2) is 62.5 Å². The topological polar surface area (TPSA) is 93.4 Å². The number of carbonyl (C=O) groups is 1. The molecule has 2 rings (SSSR count). The summed E-state index contributed by atoms with van der Waals surface area (Å²) in [6, 6.07) is 0. The van der Waals surface area contributed by atoms with Gasteiger partial charge in [-0.2, -0.15) is 0 Å². The fourth-order valence-electron chi connectivity index (χ4n) is 1.85. The molecule has 1 aromatic heterocycles. The summed E-state index contributed by atoms with van der Waals surface area (Å²) in [6.07, 6.45) is 0.674. The molecule has 0 atom stereocenters. The molecule has 1 fully saturated rings. The van der Waals surface area contributed by atoms with Crippen molar-refractivity contribution in [3.63, 3.8) is 0 Å². The van der Waals surface area contributed by atoms with Crippen molar-refractivity contribution < 1.29 is 14.6 Å². The molecule has 0 aliphatic carbocycles. The molecule has 1 aliphatic rings. The minimum Gasteiger partial charge on any atom is -0.481 e. The number of aryl methyl sites for hydroxylation is 1. The van der Waals surface area contributed by atoms with Gasteiger partial charge in [0, 0.05) is 26.1 Å². The number of tetrazole rings is 1. The van der Waals surface area contributed by atoms with Crippen molar-refractivity contribution in [3.8, 4) is 0 Å². The van der Waals surface area contributed by atoms with Crippen LogP contribution in [0.3, 0.4) is 0 Å². The van der Waals surface area contributed by atoms with Crippen molar-refractivity contribution in [2.45, 2.75) is 25.9 Å². The van der Waals surface area contributed by atoms with E-state index < -0.39 is 5.97 Å². The lowest BCUT2D eigenvalue weighted by atomic mass is 10.3. The third-order valence-electron chi connectivity index (χ3n) is 2.84. The van der Waals surface area contributed by atoms with Gasteiger partial charge in [0.2, 0.25) is 0 Å². The second-order valence-corrected chi connectivity index (χ2v) is 4.20. The number of halogens is 1. The first-order valence-corrected chi connectivity index (χ1v) is 6.02. The summed E-state index contributed by atoms with van der Waals surface area (Å²) in [5, 5.41) is 20.1. The van der Waals surface area contributed by atoms with Crippen molar-refractivity contribution in [2.24, 2.45) is 0 Å². The van der Waals surface area contributed by atoms with E-state index in [1.54, 1.807) is 4.68 Å². The highest BCUT2D eigenvalue weighted by Crippen LogP contribution is 2.04. The quantitative estimate of drug-likeness (QED) is 0.775. The SMILES string of the molecule is Cl.O=C(O)CCCn1nnnc1CN1CCOCC1. The Bertz CT molecular complexity index is 394.